The van der Waals surface area contributed by atoms with Gasteiger partial charge in [-0.25, -0.2) is 0 Å². The minimum Gasteiger partial charge on any atom is -0.368 e. The number of benzene rings is 1. The fraction of sp³-hybridized carbons (Fsp3) is 0.438. The van der Waals surface area contributed by atoms with Crippen molar-refractivity contribution in [2.75, 3.05) is 11.4 Å². The molecule has 7 heteroatoms. The smallest absolute Gasteiger partial charge is 0.368 e. The van der Waals surface area contributed by atoms with E-state index in [1.54, 1.807) is 17.0 Å². The van der Waals surface area contributed by atoms with Gasteiger partial charge in [-0.2, -0.15) is 13.2 Å². The van der Waals surface area contributed by atoms with Crippen LogP contribution in [0.1, 0.15) is 31.7 Å². The summed E-state index contributed by atoms with van der Waals surface area (Å²) in [5, 5.41) is 1.05. The van der Waals surface area contributed by atoms with Crippen LogP contribution in [0.5, 0.6) is 0 Å². The van der Waals surface area contributed by atoms with Gasteiger partial charge >= 0.3 is 6.18 Å². The number of anilines is 1. The molecule has 2 unspecified atom stereocenters. The zero-order valence-corrected chi connectivity index (χ0v) is 13.4. The van der Waals surface area contributed by atoms with E-state index in [0.29, 0.717) is 10.5 Å². The molecule has 3 rings (SSSR count). The van der Waals surface area contributed by atoms with Crippen LogP contribution in [0, 0.1) is 0 Å². The third-order valence-electron chi connectivity index (χ3n) is 4.59. The summed E-state index contributed by atoms with van der Waals surface area (Å²) in [5.74, 6) is 0.0188. The number of fused-ring (bicyclic) bond motifs is 3. The van der Waals surface area contributed by atoms with Gasteiger partial charge in [-0.3, -0.25) is 4.79 Å². The van der Waals surface area contributed by atoms with Crippen LogP contribution in [-0.4, -0.2) is 23.7 Å². The lowest BCUT2D eigenvalue weighted by Gasteiger charge is -2.26. The largest absolute Gasteiger partial charge is 0.390 e. The number of aromatic nitrogens is 1. The summed E-state index contributed by atoms with van der Waals surface area (Å²) in [6.07, 6.45) is -5.05. The Morgan fingerprint density at radius 1 is 1.30 bits per heavy atom. The number of H-pyrrole nitrogens is 1. The van der Waals surface area contributed by atoms with Gasteiger partial charge in [0.15, 0.2) is 0 Å². The molecule has 3 nitrogen and oxygen atoms in total. The van der Waals surface area contributed by atoms with Crippen molar-refractivity contribution in [1.82, 2.24) is 4.98 Å². The molecule has 23 heavy (non-hydrogen) atoms. The standard InChI is InChI=1S/C16H16ClF3N2O/c1-8-9(2)22(6-5-16(18,19)20)12-4-3-11-15(14(8)12)10(17)7-13(23)21-11/h3-4,7-9H,5-6H2,1-2H3,(H,21,23). The van der Waals surface area contributed by atoms with Crippen LogP contribution in [0.3, 0.4) is 0 Å². The van der Waals surface area contributed by atoms with Gasteiger partial charge in [-0.05, 0) is 24.6 Å². The van der Waals surface area contributed by atoms with Crippen LogP contribution in [0.25, 0.3) is 10.9 Å². The molecule has 1 aliphatic heterocycles. The van der Waals surface area contributed by atoms with Crippen LogP contribution in [0.15, 0.2) is 23.0 Å². The highest BCUT2D eigenvalue weighted by Crippen LogP contribution is 2.46. The predicted molar refractivity (Wildman–Crippen MR) is 85.5 cm³/mol. The van der Waals surface area contributed by atoms with Gasteiger partial charge in [0.05, 0.1) is 17.0 Å². The number of pyridine rings is 1. The molecular formula is C16H16ClF3N2O. The molecular weight excluding hydrogens is 329 g/mol. The molecule has 0 saturated heterocycles. The molecule has 0 spiro atoms. The van der Waals surface area contributed by atoms with Crippen LogP contribution in [-0.2, 0) is 0 Å². The fourth-order valence-electron chi connectivity index (χ4n) is 3.34. The van der Waals surface area contributed by atoms with Crippen LogP contribution in [0.2, 0.25) is 5.02 Å². The number of halogens is 4. The Labute approximate surface area is 136 Å². The van der Waals surface area contributed by atoms with E-state index in [0.717, 1.165) is 16.6 Å². The first kappa shape index (κ1) is 16.2. The van der Waals surface area contributed by atoms with Crippen molar-refractivity contribution in [3.8, 4) is 0 Å². The van der Waals surface area contributed by atoms with Crippen LogP contribution < -0.4 is 10.5 Å². The zero-order valence-electron chi connectivity index (χ0n) is 12.7. The summed E-state index contributed by atoms with van der Waals surface area (Å²) in [7, 11) is 0. The lowest BCUT2D eigenvalue weighted by Crippen LogP contribution is -2.33. The molecule has 2 heterocycles. The molecule has 0 aliphatic carbocycles. The monoisotopic (exact) mass is 344 g/mol. The first-order valence-corrected chi connectivity index (χ1v) is 7.75. The first-order chi connectivity index (χ1) is 10.7. The molecule has 0 fully saturated rings. The number of hydrogen-bond donors (Lipinski definition) is 1. The summed E-state index contributed by atoms with van der Waals surface area (Å²) < 4.78 is 37.7. The summed E-state index contributed by atoms with van der Waals surface area (Å²) in [6, 6.07) is 4.70. The van der Waals surface area contributed by atoms with Crippen molar-refractivity contribution < 1.29 is 13.2 Å². The van der Waals surface area contributed by atoms with Crippen LogP contribution in [0.4, 0.5) is 18.9 Å². The maximum Gasteiger partial charge on any atom is 0.390 e. The van der Waals surface area contributed by atoms with Crippen molar-refractivity contribution in [3.63, 3.8) is 0 Å². The van der Waals surface area contributed by atoms with Gasteiger partial charge in [0, 0.05) is 35.6 Å². The van der Waals surface area contributed by atoms with Crippen molar-refractivity contribution in [2.45, 2.75) is 38.4 Å². The average Bonchev–Trinajstić information content (AvgIpc) is 2.67. The molecule has 0 saturated carbocycles. The number of alkyl halides is 3. The highest BCUT2D eigenvalue weighted by Gasteiger charge is 2.37. The normalized spacial score (nSPS) is 21.0. The molecule has 1 aliphatic rings. The number of rotatable bonds is 2. The van der Waals surface area contributed by atoms with Gasteiger partial charge < -0.3 is 9.88 Å². The molecule has 124 valence electrons. The topological polar surface area (TPSA) is 36.1 Å². The van der Waals surface area contributed by atoms with Gasteiger partial charge in [-0.15, -0.1) is 0 Å². The van der Waals surface area contributed by atoms with Gasteiger partial charge in [-0.1, -0.05) is 18.5 Å². The molecule has 1 N–H and O–H groups in total. The summed E-state index contributed by atoms with van der Waals surface area (Å²) in [5.41, 5.74) is 1.97. The first-order valence-electron chi connectivity index (χ1n) is 7.38. The number of hydrogen-bond acceptors (Lipinski definition) is 2. The van der Waals surface area contributed by atoms with E-state index in [1.165, 1.54) is 6.07 Å². The third kappa shape index (κ3) is 2.80. The molecule has 1 aromatic heterocycles. The number of nitrogens with zero attached hydrogens (tertiary/aromatic N) is 1. The van der Waals surface area contributed by atoms with Crippen molar-refractivity contribution >= 4 is 28.2 Å². The van der Waals surface area contributed by atoms with E-state index in [9.17, 15) is 18.0 Å². The van der Waals surface area contributed by atoms with E-state index in [-0.39, 0.29) is 24.1 Å². The maximum atomic E-state index is 12.6. The number of aromatic amines is 1. The van der Waals surface area contributed by atoms with E-state index in [2.05, 4.69) is 4.98 Å². The molecule has 1 aromatic carbocycles. The average molecular weight is 345 g/mol. The van der Waals surface area contributed by atoms with Crippen molar-refractivity contribution in [2.24, 2.45) is 0 Å². The van der Waals surface area contributed by atoms with Gasteiger partial charge in [0.1, 0.15) is 0 Å². The second-order valence-electron chi connectivity index (χ2n) is 5.99. The molecule has 0 bridgehead atoms. The maximum absolute atomic E-state index is 12.6. The van der Waals surface area contributed by atoms with E-state index < -0.39 is 12.6 Å². The highest BCUT2D eigenvalue weighted by atomic mass is 35.5. The Morgan fingerprint density at radius 3 is 2.65 bits per heavy atom. The molecule has 2 atom stereocenters. The van der Waals surface area contributed by atoms with E-state index in [4.69, 9.17) is 11.6 Å². The zero-order chi connectivity index (χ0) is 16.9. The second kappa shape index (κ2) is 5.44. The molecule has 2 aromatic rings. The highest BCUT2D eigenvalue weighted by molar-refractivity contribution is 6.35. The Kier molecular flexibility index (Phi) is 3.83. The Hall–Kier alpha value is -1.69. The summed E-state index contributed by atoms with van der Waals surface area (Å²) in [4.78, 5) is 16.1. The van der Waals surface area contributed by atoms with Crippen molar-refractivity contribution in [1.29, 1.82) is 0 Å². The lowest BCUT2D eigenvalue weighted by atomic mass is 9.94. The minimum absolute atomic E-state index is 0.0188. The lowest BCUT2D eigenvalue weighted by molar-refractivity contribution is -0.132. The molecule has 0 radical (unpaired) electrons. The third-order valence-corrected chi connectivity index (χ3v) is 4.89. The Bertz CT molecular complexity index is 815. The molecule has 0 amide bonds. The predicted octanol–water partition coefficient (Wildman–Crippen LogP) is 4.45. The van der Waals surface area contributed by atoms with Crippen molar-refractivity contribution in [3.05, 3.63) is 39.1 Å². The van der Waals surface area contributed by atoms with Gasteiger partial charge in [0.25, 0.3) is 0 Å². The van der Waals surface area contributed by atoms with Crippen LogP contribution >= 0.6 is 11.6 Å². The summed E-state index contributed by atoms with van der Waals surface area (Å²) in [6.45, 7) is 3.79. The Balaban J connectivity index is 2.13. The minimum atomic E-state index is -4.19. The van der Waals surface area contributed by atoms with E-state index >= 15 is 0 Å². The number of nitrogens with one attached hydrogen (secondary N) is 1. The SMILES string of the molecule is CC1c2c(ccc3[nH]c(=O)cc(Cl)c23)N(CCC(F)(F)F)C1C. The Morgan fingerprint density at radius 2 is 2.00 bits per heavy atom. The second-order valence-corrected chi connectivity index (χ2v) is 6.40. The quantitative estimate of drug-likeness (QED) is 0.874. The summed E-state index contributed by atoms with van der Waals surface area (Å²) >= 11 is 6.24. The van der Waals surface area contributed by atoms with Gasteiger partial charge in [0.2, 0.25) is 5.56 Å². The van der Waals surface area contributed by atoms with E-state index in [1.807, 2.05) is 13.8 Å². The fourth-order valence-corrected chi connectivity index (χ4v) is 3.64.